The van der Waals surface area contributed by atoms with Gasteiger partial charge in [-0.05, 0) is 45.4 Å². The quantitative estimate of drug-likeness (QED) is 0.662. The van der Waals surface area contributed by atoms with E-state index in [0.29, 0.717) is 25.0 Å². The summed E-state index contributed by atoms with van der Waals surface area (Å²) in [5.74, 6) is 0.625. The Morgan fingerprint density at radius 2 is 1.69 bits per heavy atom. The molecule has 2 fully saturated rings. The molecule has 1 aliphatic heterocycles. The van der Waals surface area contributed by atoms with Gasteiger partial charge in [0.2, 0.25) is 5.91 Å². The number of aromatic nitrogens is 1. The number of likely N-dealkylation sites (tertiary alicyclic amines) is 1. The molecule has 0 radical (unpaired) electrons. The lowest BCUT2D eigenvalue weighted by molar-refractivity contribution is -0.127. The third-order valence-corrected chi connectivity index (χ3v) is 8.38. The van der Waals surface area contributed by atoms with Gasteiger partial charge in [-0.2, -0.15) is 0 Å². The Bertz CT molecular complexity index is 938. The zero-order valence-corrected chi connectivity index (χ0v) is 20.3. The molecule has 2 amide bonds. The Morgan fingerprint density at radius 3 is 2.34 bits per heavy atom. The van der Waals surface area contributed by atoms with Gasteiger partial charge < -0.3 is 10.2 Å². The predicted octanol–water partition coefficient (Wildman–Crippen LogP) is 5.36. The van der Waals surface area contributed by atoms with E-state index in [2.05, 4.69) is 48.4 Å². The van der Waals surface area contributed by atoms with Crippen LogP contribution in [0.1, 0.15) is 72.8 Å². The van der Waals surface area contributed by atoms with E-state index < -0.39 is 0 Å². The van der Waals surface area contributed by atoms with Crippen LogP contribution in [-0.4, -0.2) is 40.8 Å². The third-order valence-electron chi connectivity index (χ3n) is 7.19. The number of nitrogens with one attached hydrogen (secondary N) is 1. The summed E-state index contributed by atoms with van der Waals surface area (Å²) in [6.45, 7) is 7.47. The van der Waals surface area contributed by atoms with Crippen molar-refractivity contribution in [2.24, 2.45) is 11.8 Å². The van der Waals surface area contributed by atoms with Crippen LogP contribution in [0.5, 0.6) is 0 Å². The van der Waals surface area contributed by atoms with Crippen LogP contribution in [-0.2, 0) is 4.79 Å². The Hall–Kier alpha value is -2.21. The first-order valence-electron chi connectivity index (χ1n) is 12.1. The third kappa shape index (κ3) is 5.22. The Labute approximate surface area is 195 Å². The summed E-state index contributed by atoms with van der Waals surface area (Å²) in [7, 11) is 0. The highest BCUT2D eigenvalue weighted by Crippen LogP contribution is 2.31. The highest BCUT2D eigenvalue weighted by Gasteiger charge is 2.32. The highest BCUT2D eigenvalue weighted by molar-refractivity contribution is 7.17. The smallest absolute Gasteiger partial charge is 0.265 e. The first-order valence-corrected chi connectivity index (χ1v) is 12.9. The van der Waals surface area contributed by atoms with Crippen molar-refractivity contribution in [1.29, 1.82) is 0 Å². The fourth-order valence-electron chi connectivity index (χ4n) is 4.95. The van der Waals surface area contributed by atoms with Gasteiger partial charge in [0.1, 0.15) is 9.88 Å². The van der Waals surface area contributed by atoms with E-state index in [0.717, 1.165) is 46.8 Å². The lowest BCUT2D eigenvalue weighted by atomic mass is 9.84. The van der Waals surface area contributed by atoms with E-state index in [1.807, 2.05) is 11.8 Å². The van der Waals surface area contributed by atoms with Crippen LogP contribution in [0.3, 0.4) is 0 Å². The maximum atomic E-state index is 13.2. The molecule has 5 nitrogen and oxygen atoms in total. The molecule has 1 saturated carbocycles. The van der Waals surface area contributed by atoms with Gasteiger partial charge in [0, 0.05) is 30.6 Å². The number of rotatable bonds is 5. The van der Waals surface area contributed by atoms with Crippen LogP contribution in [0, 0.1) is 25.7 Å². The zero-order valence-electron chi connectivity index (χ0n) is 19.5. The van der Waals surface area contributed by atoms with Crippen LogP contribution in [0.4, 0.5) is 0 Å². The van der Waals surface area contributed by atoms with Gasteiger partial charge in [0.05, 0.1) is 5.69 Å². The number of carbonyl (C=O) groups excluding carboxylic acids is 2. The van der Waals surface area contributed by atoms with Gasteiger partial charge in [-0.15, -0.1) is 11.3 Å². The average Bonchev–Trinajstić information content (AvgIpc) is 3.20. The van der Waals surface area contributed by atoms with Crippen LogP contribution >= 0.6 is 11.3 Å². The van der Waals surface area contributed by atoms with Crippen molar-refractivity contribution in [3.05, 3.63) is 40.4 Å². The van der Waals surface area contributed by atoms with Crippen molar-refractivity contribution in [3.8, 4) is 10.6 Å². The van der Waals surface area contributed by atoms with Gasteiger partial charge in [0.25, 0.3) is 5.91 Å². The second kappa shape index (κ2) is 10.2. The molecule has 0 bridgehead atoms. The molecule has 1 atom stereocenters. The molecular weight excluding hydrogens is 418 g/mol. The van der Waals surface area contributed by atoms with Crippen molar-refractivity contribution in [1.82, 2.24) is 15.2 Å². The molecule has 1 aliphatic carbocycles. The largest absolute Gasteiger partial charge is 0.353 e. The van der Waals surface area contributed by atoms with Crippen LogP contribution in [0.15, 0.2) is 24.3 Å². The van der Waals surface area contributed by atoms with E-state index in [9.17, 15) is 9.59 Å². The molecule has 2 aliphatic rings. The molecule has 1 aromatic heterocycles. The first kappa shape index (κ1) is 23.0. The van der Waals surface area contributed by atoms with E-state index in [1.165, 1.54) is 36.2 Å². The number of amides is 2. The van der Waals surface area contributed by atoms with Crippen molar-refractivity contribution < 1.29 is 9.59 Å². The zero-order chi connectivity index (χ0) is 22.7. The van der Waals surface area contributed by atoms with Crippen LogP contribution < -0.4 is 5.32 Å². The SMILES string of the molecule is Cc1ccc(-c2nc(C)c(C(=O)N3CCC(C(C)C(=O)NC4CCCCC4)CC3)s2)cc1. The second-order valence-electron chi connectivity index (χ2n) is 9.56. The molecule has 2 heterocycles. The van der Waals surface area contributed by atoms with Crippen molar-refractivity contribution in [2.75, 3.05) is 13.1 Å². The van der Waals surface area contributed by atoms with Gasteiger partial charge in [-0.3, -0.25) is 9.59 Å². The molecule has 4 rings (SSSR count). The minimum absolute atomic E-state index is 0.00691. The Balaban J connectivity index is 1.33. The summed E-state index contributed by atoms with van der Waals surface area (Å²) in [6.07, 6.45) is 7.74. The Morgan fingerprint density at radius 1 is 1.03 bits per heavy atom. The lowest BCUT2D eigenvalue weighted by Gasteiger charge is -2.35. The number of piperidine rings is 1. The Kier molecular flexibility index (Phi) is 7.29. The summed E-state index contributed by atoms with van der Waals surface area (Å²) in [4.78, 5) is 33.3. The van der Waals surface area contributed by atoms with Crippen molar-refractivity contribution >= 4 is 23.2 Å². The summed E-state index contributed by atoms with van der Waals surface area (Å²) in [6, 6.07) is 8.63. The summed E-state index contributed by atoms with van der Waals surface area (Å²) in [5, 5.41) is 4.18. The molecule has 1 saturated heterocycles. The fourth-order valence-corrected chi connectivity index (χ4v) is 5.99. The predicted molar refractivity (Wildman–Crippen MR) is 130 cm³/mol. The minimum atomic E-state index is 0.00691. The fraction of sp³-hybridized carbons (Fsp3) is 0.577. The maximum Gasteiger partial charge on any atom is 0.265 e. The number of thiazole rings is 1. The topological polar surface area (TPSA) is 62.3 Å². The van der Waals surface area contributed by atoms with Crippen molar-refractivity contribution in [2.45, 2.75) is 71.8 Å². The number of aryl methyl sites for hydroxylation is 2. The normalized spacial score (nSPS) is 19.0. The lowest BCUT2D eigenvalue weighted by Crippen LogP contribution is -2.45. The second-order valence-corrected chi connectivity index (χ2v) is 10.6. The molecule has 1 unspecified atom stereocenters. The molecule has 1 N–H and O–H groups in total. The van der Waals surface area contributed by atoms with E-state index in [1.54, 1.807) is 0 Å². The average molecular weight is 454 g/mol. The molecular formula is C26H35N3O2S. The summed E-state index contributed by atoms with van der Waals surface area (Å²) < 4.78 is 0. The van der Waals surface area contributed by atoms with Crippen LogP contribution in [0.2, 0.25) is 0 Å². The van der Waals surface area contributed by atoms with E-state index >= 15 is 0 Å². The maximum absolute atomic E-state index is 13.2. The number of hydrogen-bond donors (Lipinski definition) is 1. The van der Waals surface area contributed by atoms with Gasteiger partial charge in [0.15, 0.2) is 0 Å². The van der Waals surface area contributed by atoms with Crippen molar-refractivity contribution in [3.63, 3.8) is 0 Å². The molecule has 0 spiro atoms. The van der Waals surface area contributed by atoms with E-state index in [-0.39, 0.29) is 17.7 Å². The van der Waals surface area contributed by atoms with Gasteiger partial charge in [-0.1, -0.05) is 56.0 Å². The molecule has 32 heavy (non-hydrogen) atoms. The molecule has 172 valence electrons. The number of hydrogen-bond acceptors (Lipinski definition) is 4. The minimum Gasteiger partial charge on any atom is -0.353 e. The monoisotopic (exact) mass is 453 g/mol. The number of benzene rings is 1. The molecule has 2 aromatic rings. The summed E-state index contributed by atoms with van der Waals surface area (Å²) in [5.41, 5.74) is 3.07. The number of carbonyl (C=O) groups is 2. The molecule has 1 aromatic carbocycles. The molecule has 6 heteroatoms. The standard InChI is InChI=1S/C26H35N3O2S/c1-17-9-11-21(12-10-17)25-27-19(3)23(32-25)26(31)29-15-13-20(14-16-29)18(2)24(30)28-22-7-5-4-6-8-22/h9-12,18,20,22H,4-8,13-16H2,1-3H3,(H,28,30). The summed E-state index contributed by atoms with van der Waals surface area (Å²) >= 11 is 1.49. The van der Waals surface area contributed by atoms with Gasteiger partial charge in [-0.25, -0.2) is 4.98 Å². The number of nitrogens with zero attached hydrogens (tertiary/aromatic N) is 2. The van der Waals surface area contributed by atoms with Crippen LogP contribution in [0.25, 0.3) is 10.6 Å². The first-order chi connectivity index (χ1) is 15.4. The highest BCUT2D eigenvalue weighted by atomic mass is 32.1. The van der Waals surface area contributed by atoms with E-state index in [4.69, 9.17) is 0 Å². The van der Waals surface area contributed by atoms with Gasteiger partial charge >= 0.3 is 0 Å².